The van der Waals surface area contributed by atoms with Crippen LogP contribution in [0, 0.1) is 0 Å². The van der Waals surface area contributed by atoms with Gasteiger partial charge in [0, 0.05) is 11.4 Å². The number of amides is 1. The van der Waals surface area contributed by atoms with Crippen molar-refractivity contribution in [2.45, 2.75) is 19.9 Å². The number of ether oxygens (including phenoxy) is 1. The number of benzene rings is 1. The molecule has 0 atom stereocenters. The molecule has 0 unspecified atom stereocenters. The Labute approximate surface area is 106 Å². The van der Waals surface area contributed by atoms with E-state index in [0.29, 0.717) is 5.69 Å². The Morgan fingerprint density at radius 1 is 1.28 bits per heavy atom. The maximum Gasteiger partial charge on any atom is 0.270 e. The first-order valence-corrected chi connectivity index (χ1v) is 5.86. The lowest BCUT2D eigenvalue weighted by Gasteiger charge is -2.08. The zero-order chi connectivity index (χ0) is 13.1. The molecular formula is C14H16N2O2. The first-order valence-electron chi connectivity index (χ1n) is 5.86. The quantitative estimate of drug-likeness (QED) is 0.901. The van der Waals surface area contributed by atoms with Crippen LogP contribution in [0.1, 0.15) is 24.3 Å². The van der Waals surface area contributed by atoms with Crippen molar-refractivity contribution in [3.8, 4) is 5.75 Å². The molecule has 2 aromatic rings. The fourth-order valence-electron chi connectivity index (χ4n) is 1.69. The Hall–Kier alpha value is -2.10. The van der Waals surface area contributed by atoms with Gasteiger partial charge in [0.25, 0.3) is 5.91 Å². The molecule has 2 rings (SSSR count). The number of carbonyl (C=O) groups is 1. The number of rotatable bonds is 3. The Morgan fingerprint density at radius 3 is 2.72 bits per heavy atom. The van der Waals surface area contributed by atoms with Gasteiger partial charge in [-0.25, -0.2) is 4.98 Å². The van der Waals surface area contributed by atoms with E-state index < -0.39 is 0 Å². The van der Waals surface area contributed by atoms with Gasteiger partial charge < -0.3 is 10.1 Å². The molecule has 0 aliphatic heterocycles. The minimum absolute atomic E-state index is 0.103. The summed E-state index contributed by atoms with van der Waals surface area (Å²) < 4.78 is 5.15. The van der Waals surface area contributed by atoms with E-state index >= 15 is 0 Å². The van der Waals surface area contributed by atoms with E-state index in [-0.39, 0.29) is 11.9 Å². The van der Waals surface area contributed by atoms with Crippen LogP contribution in [0.25, 0.3) is 10.9 Å². The molecule has 1 heterocycles. The van der Waals surface area contributed by atoms with E-state index in [1.165, 1.54) is 0 Å². The van der Waals surface area contributed by atoms with Crippen LogP contribution >= 0.6 is 0 Å². The van der Waals surface area contributed by atoms with E-state index in [9.17, 15) is 4.79 Å². The summed E-state index contributed by atoms with van der Waals surface area (Å²) in [5, 5.41) is 3.77. The second-order valence-electron chi connectivity index (χ2n) is 4.38. The number of hydrogen-bond acceptors (Lipinski definition) is 3. The smallest absolute Gasteiger partial charge is 0.270 e. The maximum atomic E-state index is 11.8. The van der Waals surface area contributed by atoms with Crippen LogP contribution in [0.4, 0.5) is 0 Å². The van der Waals surface area contributed by atoms with Gasteiger partial charge >= 0.3 is 0 Å². The minimum Gasteiger partial charge on any atom is -0.497 e. The summed E-state index contributed by atoms with van der Waals surface area (Å²) in [6.07, 6.45) is 0. The predicted octanol–water partition coefficient (Wildman–Crippen LogP) is 2.38. The van der Waals surface area contributed by atoms with Crippen molar-refractivity contribution in [1.82, 2.24) is 10.3 Å². The number of methoxy groups -OCH3 is 1. The second-order valence-corrected chi connectivity index (χ2v) is 4.38. The Bertz CT molecular complexity index is 579. The number of fused-ring (bicyclic) bond motifs is 1. The summed E-state index contributed by atoms with van der Waals surface area (Å²) in [6.45, 7) is 3.84. The van der Waals surface area contributed by atoms with Gasteiger partial charge in [0.1, 0.15) is 11.4 Å². The fourth-order valence-corrected chi connectivity index (χ4v) is 1.69. The molecule has 1 N–H and O–H groups in total. The van der Waals surface area contributed by atoms with Gasteiger partial charge in [-0.2, -0.15) is 0 Å². The van der Waals surface area contributed by atoms with E-state index in [1.807, 2.05) is 38.1 Å². The highest BCUT2D eigenvalue weighted by atomic mass is 16.5. The Kier molecular flexibility index (Phi) is 3.46. The standard InChI is InChI=1S/C14H16N2O2/c1-9(2)15-14(17)13-6-4-10-8-11(18-3)5-7-12(10)16-13/h4-9H,1-3H3,(H,15,17). The molecule has 0 bridgehead atoms. The molecule has 4 heteroatoms. The summed E-state index contributed by atoms with van der Waals surface area (Å²) in [5.74, 6) is 0.631. The normalized spacial score (nSPS) is 10.7. The number of pyridine rings is 1. The molecule has 0 spiro atoms. The number of nitrogens with zero attached hydrogens (tertiary/aromatic N) is 1. The molecule has 4 nitrogen and oxygen atoms in total. The molecule has 0 aliphatic rings. The first-order chi connectivity index (χ1) is 8.60. The third kappa shape index (κ3) is 2.59. The molecule has 0 radical (unpaired) electrons. The van der Waals surface area contributed by atoms with Crippen molar-refractivity contribution in [2.24, 2.45) is 0 Å². The Balaban J connectivity index is 2.36. The highest BCUT2D eigenvalue weighted by molar-refractivity contribution is 5.95. The van der Waals surface area contributed by atoms with Crippen LogP contribution in [0.2, 0.25) is 0 Å². The SMILES string of the molecule is COc1ccc2nc(C(=O)NC(C)C)ccc2c1. The van der Waals surface area contributed by atoms with E-state index in [4.69, 9.17) is 4.74 Å². The molecule has 1 aromatic heterocycles. The second kappa shape index (κ2) is 5.04. The van der Waals surface area contributed by atoms with Gasteiger partial charge in [-0.3, -0.25) is 4.79 Å². The van der Waals surface area contributed by atoms with Gasteiger partial charge in [-0.15, -0.1) is 0 Å². The lowest BCUT2D eigenvalue weighted by Crippen LogP contribution is -2.30. The fraction of sp³-hybridized carbons (Fsp3) is 0.286. The van der Waals surface area contributed by atoms with Gasteiger partial charge in [0.15, 0.2) is 0 Å². The number of aromatic nitrogens is 1. The largest absolute Gasteiger partial charge is 0.497 e. The van der Waals surface area contributed by atoms with Gasteiger partial charge in [0.2, 0.25) is 0 Å². The average Bonchev–Trinajstić information content (AvgIpc) is 2.36. The van der Waals surface area contributed by atoms with Crippen molar-refractivity contribution in [1.29, 1.82) is 0 Å². The predicted molar refractivity (Wildman–Crippen MR) is 70.9 cm³/mol. The first kappa shape index (κ1) is 12.4. The van der Waals surface area contributed by atoms with Gasteiger partial charge in [-0.1, -0.05) is 6.07 Å². The maximum absolute atomic E-state index is 11.8. The number of hydrogen-bond donors (Lipinski definition) is 1. The third-order valence-electron chi connectivity index (χ3n) is 2.55. The van der Waals surface area contributed by atoms with E-state index in [2.05, 4.69) is 10.3 Å². The molecule has 1 amide bonds. The zero-order valence-corrected chi connectivity index (χ0v) is 10.7. The highest BCUT2D eigenvalue weighted by Gasteiger charge is 2.09. The zero-order valence-electron chi connectivity index (χ0n) is 10.7. The van der Waals surface area contributed by atoms with Gasteiger partial charge in [-0.05, 0) is 38.1 Å². The molecular weight excluding hydrogens is 228 g/mol. The molecule has 1 aromatic carbocycles. The minimum atomic E-state index is -0.150. The third-order valence-corrected chi connectivity index (χ3v) is 2.55. The average molecular weight is 244 g/mol. The van der Waals surface area contributed by atoms with Gasteiger partial charge in [0.05, 0.1) is 12.6 Å². The molecule has 0 aliphatic carbocycles. The molecule has 0 saturated heterocycles. The van der Waals surface area contributed by atoms with Crippen molar-refractivity contribution in [3.63, 3.8) is 0 Å². The van der Waals surface area contributed by atoms with Crippen molar-refractivity contribution in [2.75, 3.05) is 7.11 Å². The van der Waals surface area contributed by atoms with Crippen molar-refractivity contribution in [3.05, 3.63) is 36.0 Å². The summed E-state index contributed by atoms with van der Waals surface area (Å²) >= 11 is 0. The van der Waals surface area contributed by atoms with Crippen LogP contribution in [-0.4, -0.2) is 24.0 Å². The molecule has 94 valence electrons. The monoisotopic (exact) mass is 244 g/mol. The Morgan fingerprint density at radius 2 is 2.06 bits per heavy atom. The van der Waals surface area contributed by atoms with E-state index in [0.717, 1.165) is 16.7 Å². The summed E-state index contributed by atoms with van der Waals surface area (Å²) in [5.41, 5.74) is 1.22. The molecule has 0 saturated carbocycles. The van der Waals surface area contributed by atoms with Crippen LogP contribution in [0.5, 0.6) is 5.75 Å². The molecule has 0 fully saturated rings. The van der Waals surface area contributed by atoms with Crippen LogP contribution < -0.4 is 10.1 Å². The van der Waals surface area contributed by atoms with E-state index in [1.54, 1.807) is 13.2 Å². The van der Waals surface area contributed by atoms with Crippen LogP contribution in [-0.2, 0) is 0 Å². The summed E-state index contributed by atoms with van der Waals surface area (Å²) in [7, 11) is 1.62. The van der Waals surface area contributed by atoms with Crippen LogP contribution in [0.3, 0.4) is 0 Å². The summed E-state index contributed by atoms with van der Waals surface area (Å²) in [4.78, 5) is 16.2. The lowest BCUT2D eigenvalue weighted by molar-refractivity contribution is 0.0938. The topological polar surface area (TPSA) is 51.2 Å². The van der Waals surface area contributed by atoms with Crippen molar-refractivity contribution < 1.29 is 9.53 Å². The summed E-state index contributed by atoms with van der Waals surface area (Å²) in [6, 6.07) is 9.28. The lowest BCUT2D eigenvalue weighted by atomic mass is 10.2. The highest BCUT2D eigenvalue weighted by Crippen LogP contribution is 2.19. The number of carbonyl (C=O) groups excluding carboxylic acids is 1. The molecule has 18 heavy (non-hydrogen) atoms. The number of nitrogens with one attached hydrogen (secondary N) is 1. The van der Waals surface area contributed by atoms with Crippen molar-refractivity contribution >= 4 is 16.8 Å². The van der Waals surface area contributed by atoms with Crippen LogP contribution in [0.15, 0.2) is 30.3 Å².